The summed E-state index contributed by atoms with van der Waals surface area (Å²) in [6.07, 6.45) is 0.558. The predicted molar refractivity (Wildman–Crippen MR) is 74.5 cm³/mol. The van der Waals surface area contributed by atoms with Crippen molar-refractivity contribution in [1.82, 2.24) is 5.32 Å². The lowest BCUT2D eigenvalue weighted by atomic mass is 10.1. The van der Waals surface area contributed by atoms with Crippen LogP contribution < -0.4 is 10.1 Å². The van der Waals surface area contributed by atoms with Crippen molar-refractivity contribution in [1.29, 1.82) is 0 Å². The molecule has 0 saturated carbocycles. The third-order valence-electron chi connectivity index (χ3n) is 2.61. The summed E-state index contributed by atoms with van der Waals surface area (Å²) in [5.41, 5.74) is 0.584. The number of benzene rings is 1. The van der Waals surface area contributed by atoms with Crippen LogP contribution in [-0.4, -0.2) is 42.0 Å². The molecule has 1 atom stereocenters. The zero-order valence-corrected chi connectivity index (χ0v) is 11.5. The number of amides is 1. The van der Waals surface area contributed by atoms with Crippen LogP contribution in [0, 0.1) is 0 Å². The molecular weight excluding hydrogens is 278 g/mol. The molecule has 0 fully saturated rings. The van der Waals surface area contributed by atoms with Gasteiger partial charge in [-0.2, -0.15) is 0 Å². The number of phenols is 1. The van der Waals surface area contributed by atoms with E-state index in [4.69, 9.17) is 9.84 Å². The molecule has 1 aromatic carbocycles. The fourth-order valence-electron chi connectivity index (χ4n) is 1.60. The molecule has 7 nitrogen and oxygen atoms in total. The fourth-order valence-corrected chi connectivity index (χ4v) is 1.60. The Morgan fingerprint density at radius 2 is 2.19 bits per heavy atom. The first kappa shape index (κ1) is 16.4. The standard InChI is InChI=1S/C14H17NO6/c1-3-6-21-14(19)15-10(13(17)18)7-9-4-5-11(16)12(8-9)20-2/h3-5,8,10,16H,1,6-7H2,2H3,(H,15,19)(H,17,18)/t10-/m0/s1. The van der Waals surface area contributed by atoms with Gasteiger partial charge in [0, 0.05) is 6.42 Å². The number of methoxy groups -OCH3 is 1. The minimum atomic E-state index is -1.20. The second kappa shape index (κ2) is 7.78. The lowest BCUT2D eigenvalue weighted by molar-refractivity contribution is -0.139. The Hall–Kier alpha value is -2.70. The summed E-state index contributed by atoms with van der Waals surface area (Å²) in [7, 11) is 1.39. The van der Waals surface area contributed by atoms with Gasteiger partial charge in [0.05, 0.1) is 7.11 Å². The molecule has 114 valence electrons. The normalized spacial score (nSPS) is 11.3. The first-order chi connectivity index (χ1) is 9.97. The summed E-state index contributed by atoms with van der Waals surface area (Å²) in [5, 5.41) is 20.8. The molecule has 1 rings (SSSR count). The number of ether oxygens (including phenoxy) is 2. The number of alkyl carbamates (subject to hydrolysis) is 1. The van der Waals surface area contributed by atoms with E-state index < -0.39 is 18.1 Å². The number of nitrogens with one attached hydrogen (secondary N) is 1. The van der Waals surface area contributed by atoms with E-state index in [9.17, 15) is 14.7 Å². The zero-order valence-electron chi connectivity index (χ0n) is 11.5. The highest BCUT2D eigenvalue weighted by atomic mass is 16.5. The fraction of sp³-hybridized carbons (Fsp3) is 0.286. The Morgan fingerprint density at radius 1 is 1.48 bits per heavy atom. The van der Waals surface area contributed by atoms with Crippen LogP contribution in [0.15, 0.2) is 30.9 Å². The minimum Gasteiger partial charge on any atom is -0.504 e. The van der Waals surface area contributed by atoms with E-state index in [0.29, 0.717) is 5.56 Å². The molecule has 0 aliphatic heterocycles. The summed E-state index contributed by atoms with van der Waals surface area (Å²) >= 11 is 0. The van der Waals surface area contributed by atoms with Crippen molar-refractivity contribution >= 4 is 12.1 Å². The number of carboxylic acids is 1. The molecule has 0 aliphatic rings. The van der Waals surface area contributed by atoms with Crippen molar-refractivity contribution in [3.63, 3.8) is 0 Å². The van der Waals surface area contributed by atoms with Gasteiger partial charge in [-0.1, -0.05) is 18.7 Å². The molecule has 7 heteroatoms. The van der Waals surface area contributed by atoms with E-state index in [2.05, 4.69) is 16.6 Å². The average molecular weight is 295 g/mol. The van der Waals surface area contributed by atoms with Crippen molar-refractivity contribution in [2.45, 2.75) is 12.5 Å². The maximum atomic E-state index is 11.4. The molecule has 0 unspecified atom stereocenters. The second-order valence-corrected chi connectivity index (χ2v) is 4.13. The maximum Gasteiger partial charge on any atom is 0.408 e. The van der Waals surface area contributed by atoms with Crippen LogP contribution in [0.1, 0.15) is 5.56 Å². The van der Waals surface area contributed by atoms with Gasteiger partial charge in [0.25, 0.3) is 0 Å². The second-order valence-electron chi connectivity index (χ2n) is 4.13. The van der Waals surface area contributed by atoms with E-state index in [-0.39, 0.29) is 24.5 Å². The van der Waals surface area contributed by atoms with Crippen LogP contribution >= 0.6 is 0 Å². The van der Waals surface area contributed by atoms with Gasteiger partial charge in [-0.3, -0.25) is 0 Å². The molecule has 3 N–H and O–H groups in total. The van der Waals surface area contributed by atoms with Crippen molar-refractivity contribution in [2.75, 3.05) is 13.7 Å². The number of hydrogen-bond acceptors (Lipinski definition) is 5. The van der Waals surface area contributed by atoms with Crippen LogP contribution in [0.2, 0.25) is 0 Å². The highest BCUT2D eigenvalue weighted by Gasteiger charge is 2.21. The molecule has 0 aliphatic carbocycles. The van der Waals surface area contributed by atoms with Crippen LogP contribution in [0.3, 0.4) is 0 Å². The number of phenolic OH excluding ortho intramolecular Hbond substituents is 1. The van der Waals surface area contributed by atoms with Gasteiger partial charge in [0.1, 0.15) is 12.6 Å². The summed E-state index contributed by atoms with van der Waals surface area (Å²) in [4.78, 5) is 22.5. The maximum absolute atomic E-state index is 11.4. The number of carbonyl (C=O) groups is 2. The molecular formula is C14H17NO6. The predicted octanol–water partition coefficient (Wildman–Crippen LogP) is 1.31. The number of hydrogen-bond donors (Lipinski definition) is 3. The van der Waals surface area contributed by atoms with Crippen LogP contribution in [0.4, 0.5) is 4.79 Å². The molecule has 21 heavy (non-hydrogen) atoms. The Labute approximate surface area is 121 Å². The van der Waals surface area contributed by atoms with Gasteiger partial charge in [0.15, 0.2) is 11.5 Å². The molecule has 1 amide bonds. The van der Waals surface area contributed by atoms with Gasteiger partial charge in [-0.05, 0) is 17.7 Å². The van der Waals surface area contributed by atoms with Crippen molar-refractivity contribution in [3.8, 4) is 11.5 Å². The van der Waals surface area contributed by atoms with Crippen molar-refractivity contribution < 1.29 is 29.3 Å². The summed E-state index contributed by atoms with van der Waals surface area (Å²) in [5.74, 6) is -1.02. The third kappa shape index (κ3) is 5.06. The molecule has 0 heterocycles. The Bertz CT molecular complexity index is 528. The third-order valence-corrected chi connectivity index (χ3v) is 2.61. The summed E-state index contributed by atoms with van der Waals surface area (Å²) in [6.45, 7) is 3.37. The summed E-state index contributed by atoms with van der Waals surface area (Å²) in [6, 6.07) is 3.28. The van der Waals surface area contributed by atoms with Crippen LogP contribution in [-0.2, 0) is 16.0 Å². The monoisotopic (exact) mass is 295 g/mol. The minimum absolute atomic E-state index is 0.00873. The highest BCUT2D eigenvalue weighted by molar-refractivity contribution is 5.80. The van der Waals surface area contributed by atoms with E-state index >= 15 is 0 Å². The van der Waals surface area contributed by atoms with E-state index in [1.54, 1.807) is 6.07 Å². The first-order valence-corrected chi connectivity index (χ1v) is 6.10. The Morgan fingerprint density at radius 3 is 2.76 bits per heavy atom. The highest BCUT2D eigenvalue weighted by Crippen LogP contribution is 2.26. The zero-order chi connectivity index (χ0) is 15.8. The van der Waals surface area contributed by atoms with Gasteiger partial charge >= 0.3 is 12.1 Å². The van der Waals surface area contributed by atoms with Crippen molar-refractivity contribution in [2.24, 2.45) is 0 Å². The first-order valence-electron chi connectivity index (χ1n) is 6.10. The quantitative estimate of drug-likeness (QED) is 0.655. The number of carbonyl (C=O) groups excluding carboxylic acids is 1. The van der Waals surface area contributed by atoms with Gasteiger partial charge in [-0.25, -0.2) is 9.59 Å². The largest absolute Gasteiger partial charge is 0.504 e. The molecule has 0 radical (unpaired) electrons. The molecule has 0 spiro atoms. The Kier molecular flexibility index (Phi) is 6.06. The SMILES string of the molecule is C=CCOC(=O)N[C@@H](Cc1ccc(O)c(OC)c1)C(=O)O. The lowest BCUT2D eigenvalue weighted by Crippen LogP contribution is -2.42. The number of aliphatic carboxylic acids is 1. The molecule has 0 aromatic heterocycles. The van der Waals surface area contributed by atoms with Gasteiger partial charge < -0.3 is 25.0 Å². The lowest BCUT2D eigenvalue weighted by Gasteiger charge is -2.15. The van der Waals surface area contributed by atoms with E-state index in [1.165, 1.54) is 25.3 Å². The van der Waals surface area contributed by atoms with E-state index in [1.807, 2.05) is 0 Å². The smallest absolute Gasteiger partial charge is 0.408 e. The topological polar surface area (TPSA) is 105 Å². The van der Waals surface area contributed by atoms with Crippen LogP contribution in [0.25, 0.3) is 0 Å². The number of carboxylic acid groups (broad SMARTS) is 1. The average Bonchev–Trinajstić information content (AvgIpc) is 2.46. The number of aromatic hydroxyl groups is 1. The number of rotatable bonds is 7. The van der Waals surface area contributed by atoms with Gasteiger partial charge in [0.2, 0.25) is 0 Å². The van der Waals surface area contributed by atoms with Gasteiger partial charge in [-0.15, -0.1) is 0 Å². The van der Waals surface area contributed by atoms with E-state index in [0.717, 1.165) is 0 Å². The van der Waals surface area contributed by atoms with Crippen LogP contribution in [0.5, 0.6) is 11.5 Å². The van der Waals surface area contributed by atoms with Crippen molar-refractivity contribution in [3.05, 3.63) is 36.4 Å². The Balaban J connectivity index is 2.76. The molecule has 0 bridgehead atoms. The molecule has 1 aromatic rings. The molecule has 0 saturated heterocycles. The summed E-state index contributed by atoms with van der Waals surface area (Å²) < 4.78 is 9.62.